The number of amides is 1. The second kappa shape index (κ2) is 9.17. The molecule has 0 radical (unpaired) electrons. The largest absolute Gasteiger partial charge is 0.347 e. The van der Waals surface area contributed by atoms with E-state index in [2.05, 4.69) is 5.32 Å². The van der Waals surface area contributed by atoms with Crippen molar-refractivity contribution in [3.8, 4) is 0 Å². The van der Waals surface area contributed by atoms with E-state index in [4.69, 9.17) is 0 Å². The standard InChI is InChI=1S/C25H24FN3O3S/c1-28(2)33(31,32)21-12-13-23-20(14-21)15-24(29(23)17-18-8-4-3-5-9-18)25(30)27-16-19-10-6-7-11-22(19)26/h3-15H,16-17H2,1-2H3,(H,27,30). The molecule has 0 bridgehead atoms. The van der Waals surface area contributed by atoms with Crippen LogP contribution < -0.4 is 5.32 Å². The number of fused-ring (bicyclic) bond motifs is 1. The first kappa shape index (κ1) is 22.7. The SMILES string of the molecule is CN(C)S(=O)(=O)c1ccc2c(c1)cc(C(=O)NCc1ccccc1F)n2Cc1ccccc1. The Hall–Kier alpha value is -3.49. The molecule has 6 nitrogen and oxygen atoms in total. The van der Waals surface area contributed by atoms with Crippen molar-refractivity contribution in [3.05, 3.63) is 102 Å². The third-order valence-corrected chi connectivity index (χ3v) is 7.28. The molecule has 0 atom stereocenters. The van der Waals surface area contributed by atoms with Gasteiger partial charge in [-0.15, -0.1) is 0 Å². The number of sulfonamides is 1. The van der Waals surface area contributed by atoms with Crippen LogP contribution in [0.25, 0.3) is 10.9 Å². The number of rotatable bonds is 7. The Morgan fingerprint density at radius 3 is 2.36 bits per heavy atom. The third-order valence-electron chi connectivity index (χ3n) is 5.46. The van der Waals surface area contributed by atoms with E-state index >= 15 is 0 Å². The minimum Gasteiger partial charge on any atom is -0.347 e. The maximum atomic E-state index is 14.0. The van der Waals surface area contributed by atoms with E-state index in [1.165, 1.54) is 20.2 Å². The number of nitrogens with zero attached hydrogens (tertiary/aromatic N) is 2. The van der Waals surface area contributed by atoms with Gasteiger partial charge in [0.2, 0.25) is 10.0 Å². The van der Waals surface area contributed by atoms with Crippen molar-refractivity contribution in [2.24, 2.45) is 0 Å². The van der Waals surface area contributed by atoms with Crippen LogP contribution in [0.2, 0.25) is 0 Å². The molecule has 0 aliphatic heterocycles. The molecule has 8 heteroatoms. The smallest absolute Gasteiger partial charge is 0.268 e. The summed E-state index contributed by atoms with van der Waals surface area (Å²) in [4.78, 5) is 13.3. The van der Waals surface area contributed by atoms with Gasteiger partial charge in [0.15, 0.2) is 0 Å². The van der Waals surface area contributed by atoms with Crippen molar-refractivity contribution in [1.29, 1.82) is 0 Å². The van der Waals surface area contributed by atoms with E-state index in [0.29, 0.717) is 23.2 Å². The van der Waals surface area contributed by atoms with Crippen LogP contribution >= 0.6 is 0 Å². The van der Waals surface area contributed by atoms with Gasteiger partial charge in [-0.3, -0.25) is 4.79 Å². The Morgan fingerprint density at radius 1 is 0.970 bits per heavy atom. The van der Waals surface area contributed by atoms with Crippen molar-refractivity contribution in [1.82, 2.24) is 14.2 Å². The number of halogens is 1. The molecular formula is C25H24FN3O3S. The number of benzene rings is 3. The molecule has 4 aromatic rings. The Bertz CT molecular complexity index is 1410. The highest BCUT2D eigenvalue weighted by molar-refractivity contribution is 7.89. The van der Waals surface area contributed by atoms with Gasteiger partial charge in [0, 0.05) is 43.7 Å². The van der Waals surface area contributed by atoms with Crippen LogP contribution in [-0.4, -0.2) is 37.3 Å². The van der Waals surface area contributed by atoms with Crippen LogP contribution in [0.1, 0.15) is 21.6 Å². The zero-order valence-corrected chi connectivity index (χ0v) is 19.1. The van der Waals surface area contributed by atoms with Crippen LogP contribution in [0.4, 0.5) is 4.39 Å². The van der Waals surface area contributed by atoms with E-state index in [9.17, 15) is 17.6 Å². The maximum absolute atomic E-state index is 14.0. The Balaban J connectivity index is 1.75. The van der Waals surface area contributed by atoms with E-state index in [-0.39, 0.29) is 23.2 Å². The highest BCUT2D eigenvalue weighted by Gasteiger charge is 2.21. The third kappa shape index (κ3) is 4.67. The lowest BCUT2D eigenvalue weighted by Crippen LogP contribution is -2.26. The van der Waals surface area contributed by atoms with E-state index in [1.807, 2.05) is 34.9 Å². The minimum absolute atomic E-state index is 0.0403. The van der Waals surface area contributed by atoms with E-state index in [1.54, 1.807) is 42.5 Å². The summed E-state index contributed by atoms with van der Waals surface area (Å²) in [5, 5.41) is 3.41. The van der Waals surface area contributed by atoms with Gasteiger partial charge in [-0.1, -0.05) is 48.5 Å². The molecule has 0 fully saturated rings. The van der Waals surface area contributed by atoms with Crippen LogP contribution in [0.5, 0.6) is 0 Å². The normalized spacial score (nSPS) is 11.8. The van der Waals surface area contributed by atoms with Gasteiger partial charge in [0.25, 0.3) is 5.91 Å². The molecule has 0 spiro atoms. The zero-order chi connectivity index (χ0) is 23.6. The monoisotopic (exact) mass is 465 g/mol. The summed E-state index contributed by atoms with van der Waals surface area (Å²) in [7, 11) is -0.672. The summed E-state index contributed by atoms with van der Waals surface area (Å²) in [5.41, 5.74) is 2.47. The van der Waals surface area contributed by atoms with E-state index in [0.717, 1.165) is 15.4 Å². The highest BCUT2D eigenvalue weighted by Crippen LogP contribution is 2.26. The quantitative estimate of drug-likeness (QED) is 0.448. The second-order valence-corrected chi connectivity index (χ2v) is 10.0. The Labute approximate surface area is 192 Å². The van der Waals surface area contributed by atoms with Gasteiger partial charge < -0.3 is 9.88 Å². The molecule has 1 N–H and O–H groups in total. The summed E-state index contributed by atoms with van der Waals surface area (Å²) < 4.78 is 42.1. The van der Waals surface area contributed by atoms with Crippen LogP contribution in [-0.2, 0) is 23.1 Å². The number of carbonyl (C=O) groups is 1. The van der Waals surface area contributed by atoms with E-state index < -0.39 is 10.0 Å². The lowest BCUT2D eigenvalue weighted by molar-refractivity contribution is 0.0942. The van der Waals surface area contributed by atoms with Gasteiger partial charge in [0.05, 0.1) is 4.90 Å². The summed E-state index contributed by atoms with van der Waals surface area (Å²) in [6.45, 7) is 0.463. The predicted octanol–water partition coefficient (Wildman–Crippen LogP) is 4.01. The van der Waals surface area contributed by atoms with Gasteiger partial charge in [-0.05, 0) is 35.9 Å². The van der Waals surface area contributed by atoms with Crippen molar-refractivity contribution in [2.75, 3.05) is 14.1 Å². The van der Waals surface area contributed by atoms with Crippen LogP contribution in [0.15, 0.2) is 83.8 Å². The van der Waals surface area contributed by atoms with Gasteiger partial charge in [0.1, 0.15) is 11.5 Å². The molecule has 0 saturated carbocycles. The number of carbonyl (C=O) groups excluding carboxylic acids is 1. The Kier molecular flexibility index (Phi) is 6.31. The predicted molar refractivity (Wildman–Crippen MR) is 126 cm³/mol. The fourth-order valence-electron chi connectivity index (χ4n) is 3.65. The Morgan fingerprint density at radius 2 is 1.67 bits per heavy atom. The first-order valence-corrected chi connectivity index (χ1v) is 11.8. The van der Waals surface area contributed by atoms with Crippen molar-refractivity contribution < 1.29 is 17.6 Å². The minimum atomic E-state index is -3.62. The van der Waals surface area contributed by atoms with Gasteiger partial charge in [-0.25, -0.2) is 17.1 Å². The molecule has 1 heterocycles. The van der Waals surface area contributed by atoms with Crippen molar-refractivity contribution in [2.45, 2.75) is 18.0 Å². The van der Waals surface area contributed by atoms with Gasteiger partial charge >= 0.3 is 0 Å². The molecule has 0 aliphatic rings. The lowest BCUT2D eigenvalue weighted by Gasteiger charge is -2.13. The summed E-state index contributed by atoms with van der Waals surface area (Å²) >= 11 is 0. The molecule has 170 valence electrons. The molecule has 0 saturated heterocycles. The fraction of sp³-hybridized carbons (Fsp3) is 0.160. The fourth-order valence-corrected chi connectivity index (χ4v) is 4.59. The number of hydrogen-bond acceptors (Lipinski definition) is 3. The number of aromatic nitrogens is 1. The average Bonchev–Trinajstić information content (AvgIpc) is 3.16. The average molecular weight is 466 g/mol. The van der Waals surface area contributed by atoms with Crippen LogP contribution in [0, 0.1) is 5.82 Å². The van der Waals surface area contributed by atoms with Crippen molar-refractivity contribution >= 4 is 26.8 Å². The number of nitrogens with one attached hydrogen (secondary N) is 1. The molecule has 1 aromatic heterocycles. The maximum Gasteiger partial charge on any atom is 0.268 e. The first-order chi connectivity index (χ1) is 15.8. The summed E-state index contributed by atoms with van der Waals surface area (Å²) in [5.74, 6) is -0.761. The number of hydrogen-bond donors (Lipinski definition) is 1. The van der Waals surface area contributed by atoms with Crippen LogP contribution in [0.3, 0.4) is 0 Å². The summed E-state index contributed by atoms with van der Waals surface area (Å²) in [6.07, 6.45) is 0. The molecule has 0 unspecified atom stereocenters. The molecule has 4 rings (SSSR count). The lowest BCUT2D eigenvalue weighted by atomic mass is 10.2. The first-order valence-electron chi connectivity index (χ1n) is 10.4. The van der Waals surface area contributed by atoms with Crippen molar-refractivity contribution in [3.63, 3.8) is 0 Å². The molecule has 0 aliphatic carbocycles. The zero-order valence-electron chi connectivity index (χ0n) is 18.3. The highest BCUT2D eigenvalue weighted by atomic mass is 32.2. The van der Waals surface area contributed by atoms with Gasteiger partial charge in [-0.2, -0.15) is 0 Å². The molecule has 1 amide bonds. The molecule has 33 heavy (non-hydrogen) atoms. The topological polar surface area (TPSA) is 71.4 Å². The second-order valence-electron chi connectivity index (χ2n) is 7.88. The summed E-state index contributed by atoms with van der Waals surface area (Å²) in [6, 6.07) is 22.4. The molecular weight excluding hydrogens is 441 g/mol. The molecule has 3 aromatic carbocycles.